The Hall–Kier alpha value is -2.00. The summed E-state index contributed by atoms with van der Waals surface area (Å²) in [4.78, 5) is 25.1. The summed E-state index contributed by atoms with van der Waals surface area (Å²) in [5.41, 5.74) is -0.179. The van der Waals surface area contributed by atoms with Crippen LogP contribution < -0.4 is 0 Å². The number of carbonyl (C=O) groups is 2. The molecule has 1 atom stereocenters. The highest BCUT2D eigenvalue weighted by molar-refractivity contribution is 5.70. The number of aromatic nitrogens is 3. The average molecular weight is 638 g/mol. The molecule has 0 amide bonds. The molecular formula is C36H67N3O6. The van der Waals surface area contributed by atoms with Gasteiger partial charge >= 0.3 is 11.9 Å². The minimum atomic E-state index is -0.736. The van der Waals surface area contributed by atoms with Crippen molar-refractivity contribution in [2.75, 3.05) is 13.2 Å². The second-order valence-corrected chi connectivity index (χ2v) is 14.0. The maximum atomic E-state index is 12.7. The van der Waals surface area contributed by atoms with E-state index in [1.807, 2.05) is 6.20 Å². The van der Waals surface area contributed by atoms with Crippen LogP contribution in [0.15, 0.2) is 6.20 Å². The van der Waals surface area contributed by atoms with E-state index in [-0.39, 0.29) is 30.7 Å². The summed E-state index contributed by atoms with van der Waals surface area (Å²) in [6.07, 6.45) is 21.0. The fourth-order valence-corrected chi connectivity index (χ4v) is 5.18. The molecule has 1 rings (SSSR count). The Kier molecular flexibility index (Phi) is 22.1. The third-order valence-electron chi connectivity index (χ3n) is 8.09. The molecule has 262 valence electrons. The van der Waals surface area contributed by atoms with Crippen molar-refractivity contribution in [2.24, 2.45) is 0 Å². The molecule has 0 bridgehead atoms. The van der Waals surface area contributed by atoms with Gasteiger partial charge in [0.25, 0.3) is 0 Å². The lowest BCUT2D eigenvalue weighted by Crippen LogP contribution is -2.30. The molecule has 0 aliphatic carbocycles. The molecule has 0 aliphatic heterocycles. The van der Waals surface area contributed by atoms with Crippen LogP contribution in [0.3, 0.4) is 0 Å². The van der Waals surface area contributed by atoms with E-state index in [0.29, 0.717) is 25.9 Å². The van der Waals surface area contributed by atoms with Gasteiger partial charge in [-0.25, -0.2) is 4.68 Å². The standard InChI is InChI=1S/C36H67N3O6/c1-7-9-11-13-15-17-19-23-33(40)43-30-32(45-34(41)24-20-18-16-14-12-10-8-2)29-39-28-31(37-38-39)22-21-25-36(5,6)44-27-26-35(3,4)42/h28,32,42H,7-27,29-30H2,1-6H3. The highest BCUT2D eigenvalue weighted by atomic mass is 16.6. The van der Waals surface area contributed by atoms with Crippen LogP contribution in [0, 0.1) is 0 Å². The number of aryl methyl sites for hydroxylation is 1. The Labute approximate surface area is 274 Å². The van der Waals surface area contributed by atoms with Crippen molar-refractivity contribution in [1.29, 1.82) is 0 Å². The van der Waals surface area contributed by atoms with Gasteiger partial charge in [-0.3, -0.25) is 9.59 Å². The predicted octanol–water partition coefficient (Wildman–Crippen LogP) is 8.29. The van der Waals surface area contributed by atoms with Crippen molar-refractivity contribution in [1.82, 2.24) is 15.0 Å². The molecule has 0 aliphatic rings. The monoisotopic (exact) mass is 638 g/mol. The van der Waals surface area contributed by atoms with E-state index in [9.17, 15) is 14.7 Å². The summed E-state index contributed by atoms with van der Waals surface area (Å²) in [7, 11) is 0. The van der Waals surface area contributed by atoms with Crippen LogP contribution in [-0.2, 0) is 36.8 Å². The van der Waals surface area contributed by atoms with Gasteiger partial charge in [-0.05, 0) is 66.2 Å². The zero-order valence-corrected chi connectivity index (χ0v) is 29.7. The van der Waals surface area contributed by atoms with Gasteiger partial charge in [0.2, 0.25) is 0 Å². The van der Waals surface area contributed by atoms with Crippen molar-refractivity contribution in [3.63, 3.8) is 0 Å². The molecule has 0 aromatic carbocycles. The van der Waals surface area contributed by atoms with E-state index in [1.54, 1.807) is 18.5 Å². The Morgan fingerprint density at radius 1 is 0.800 bits per heavy atom. The molecule has 45 heavy (non-hydrogen) atoms. The average Bonchev–Trinajstić information content (AvgIpc) is 3.41. The first kappa shape index (κ1) is 41.0. The van der Waals surface area contributed by atoms with Crippen LogP contribution in [0.2, 0.25) is 0 Å². The minimum absolute atomic E-state index is 0.0173. The maximum Gasteiger partial charge on any atom is 0.306 e. The summed E-state index contributed by atoms with van der Waals surface area (Å²) >= 11 is 0. The molecule has 0 spiro atoms. The zero-order valence-electron chi connectivity index (χ0n) is 29.7. The normalized spacial score (nSPS) is 12.8. The highest BCUT2D eigenvalue weighted by Gasteiger charge is 2.22. The minimum Gasteiger partial charge on any atom is -0.462 e. The molecule has 1 aromatic rings. The molecule has 0 saturated heterocycles. The molecule has 9 heteroatoms. The van der Waals surface area contributed by atoms with Crippen LogP contribution >= 0.6 is 0 Å². The van der Waals surface area contributed by atoms with E-state index in [1.165, 1.54) is 51.4 Å². The molecule has 0 radical (unpaired) electrons. The number of nitrogens with zero attached hydrogens (tertiary/aromatic N) is 3. The largest absolute Gasteiger partial charge is 0.462 e. The molecule has 1 N–H and O–H groups in total. The van der Waals surface area contributed by atoms with Crippen LogP contribution in [0.25, 0.3) is 0 Å². The van der Waals surface area contributed by atoms with E-state index in [0.717, 1.165) is 63.5 Å². The fourth-order valence-electron chi connectivity index (χ4n) is 5.18. The molecular weight excluding hydrogens is 570 g/mol. The quantitative estimate of drug-likeness (QED) is 0.0690. The van der Waals surface area contributed by atoms with E-state index < -0.39 is 11.7 Å². The third kappa shape index (κ3) is 23.9. The van der Waals surface area contributed by atoms with Crippen molar-refractivity contribution >= 4 is 11.9 Å². The lowest BCUT2D eigenvalue weighted by Gasteiger charge is -2.27. The third-order valence-corrected chi connectivity index (χ3v) is 8.09. The summed E-state index contributed by atoms with van der Waals surface area (Å²) in [6, 6.07) is 0. The number of hydrogen-bond acceptors (Lipinski definition) is 8. The van der Waals surface area contributed by atoms with E-state index >= 15 is 0 Å². The second kappa shape index (κ2) is 24.2. The predicted molar refractivity (Wildman–Crippen MR) is 180 cm³/mol. The van der Waals surface area contributed by atoms with Gasteiger partial charge in [0.05, 0.1) is 30.0 Å². The van der Waals surface area contributed by atoms with Crippen molar-refractivity contribution < 1.29 is 28.9 Å². The van der Waals surface area contributed by atoms with Crippen molar-refractivity contribution in [3.8, 4) is 0 Å². The summed E-state index contributed by atoms with van der Waals surface area (Å²) < 4.78 is 19.0. The first-order valence-electron chi connectivity index (χ1n) is 18.0. The number of carbonyl (C=O) groups excluding carboxylic acids is 2. The van der Waals surface area contributed by atoms with Gasteiger partial charge in [0.1, 0.15) is 6.61 Å². The number of rotatable bonds is 29. The van der Waals surface area contributed by atoms with Crippen LogP contribution in [0.4, 0.5) is 0 Å². The van der Waals surface area contributed by atoms with Gasteiger partial charge < -0.3 is 19.3 Å². The number of hydrogen-bond donors (Lipinski definition) is 1. The van der Waals surface area contributed by atoms with Gasteiger partial charge in [-0.2, -0.15) is 0 Å². The topological polar surface area (TPSA) is 113 Å². The number of aliphatic hydroxyl groups is 1. The Morgan fingerprint density at radius 2 is 1.36 bits per heavy atom. The molecule has 1 heterocycles. The van der Waals surface area contributed by atoms with Crippen molar-refractivity contribution in [3.05, 3.63) is 11.9 Å². The van der Waals surface area contributed by atoms with Crippen LogP contribution in [0.1, 0.15) is 169 Å². The number of esters is 2. The SMILES string of the molecule is CCCCCCCCCC(=O)OCC(Cn1cc(CCCC(C)(C)OCCC(C)(C)O)nn1)OC(=O)CCCCCCCCC. The zero-order chi connectivity index (χ0) is 33.4. The summed E-state index contributed by atoms with van der Waals surface area (Å²) in [5, 5.41) is 18.5. The molecule has 0 saturated carbocycles. The Bertz CT molecular complexity index is 896. The van der Waals surface area contributed by atoms with Gasteiger partial charge in [-0.15, -0.1) is 5.10 Å². The first-order valence-corrected chi connectivity index (χ1v) is 18.0. The molecule has 0 fully saturated rings. The van der Waals surface area contributed by atoms with Gasteiger partial charge in [0.15, 0.2) is 6.10 Å². The van der Waals surface area contributed by atoms with Crippen LogP contribution in [0.5, 0.6) is 0 Å². The second-order valence-electron chi connectivity index (χ2n) is 14.0. The number of ether oxygens (including phenoxy) is 3. The first-order chi connectivity index (χ1) is 21.4. The van der Waals surface area contributed by atoms with E-state index in [4.69, 9.17) is 14.2 Å². The van der Waals surface area contributed by atoms with Gasteiger partial charge in [0, 0.05) is 19.0 Å². The summed E-state index contributed by atoms with van der Waals surface area (Å²) in [5.74, 6) is -0.507. The molecule has 1 unspecified atom stereocenters. The summed E-state index contributed by atoms with van der Waals surface area (Å²) in [6.45, 7) is 12.9. The maximum absolute atomic E-state index is 12.7. The van der Waals surface area contributed by atoms with Crippen LogP contribution in [-0.4, -0.2) is 62.6 Å². The van der Waals surface area contributed by atoms with Crippen molar-refractivity contribution in [2.45, 2.75) is 194 Å². The van der Waals surface area contributed by atoms with Gasteiger partial charge in [-0.1, -0.05) is 96.1 Å². The Balaban J connectivity index is 2.56. The fraction of sp³-hybridized carbons (Fsp3) is 0.889. The smallest absolute Gasteiger partial charge is 0.306 e. The lowest BCUT2D eigenvalue weighted by atomic mass is 10.00. The highest BCUT2D eigenvalue weighted by Crippen LogP contribution is 2.20. The Morgan fingerprint density at radius 3 is 1.93 bits per heavy atom. The lowest BCUT2D eigenvalue weighted by molar-refractivity contribution is -0.160. The number of unbranched alkanes of at least 4 members (excludes halogenated alkanes) is 12. The molecule has 1 aromatic heterocycles. The van der Waals surface area contributed by atoms with E-state index in [2.05, 4.69) is 38.0 Å². The molecule has 9 nitrogen and oxygen atoms in total.